The van der Waals surface area contributed by atoms with Crippen molar-refractivity contribution in [2.24, 2.45) is 0 Å². The molecule has 0 bridgehead atoms. The summed E-state index contributed by atoms with van der Waals surface area (Å²) in [5.41, 5.74) is 3.51. The van der Waals surface area contributed by atoms with Gasteiger partial charge in [-0.05, 0) is 18.2 Å². The van der Waals surface area contributed by atoms with Gasteiger partial charge in [0.25, 0.3) is 0 Å². The molecule has 1 N–H and O–H groups in total. The Bertz CT molecular complexity index is 607. The molecule has 0 radical (unpaired) electrons. The van der Waals surface area contributed by atoms with Gasteiger partial charge in [-0.1, -0.05) is 52.3 Å². The summed E-state index contributed by atoms with van der Waals surface area (Å²) in [6.07, 6.45) is 0. The lowest BCUT2D eigenvalue weighted by atomic mass is 10.1. The second-order valence-corrected chi connectivity index (χ2v) is 4.60. The van der Waals surface area contributed by atoms with Crippen molar-refractivity contribution in [3.05, 3.63) is 59.1 Å². The molecule has 0 fully saturated rings. The molecule has 0 aliphatic rings. The number of para-hydroxylation sites is 1. The van der Waals surface area contributed by atoms with Crippen molar-refractivity contribution in [2.75, 3.05) is 0 Å². The van der Waals surface area contributed by atoms with E-state index in [-0.39, 0.29) is 0 Å². The number of hydrogen-bond acceptors (Lipinski definition) is 0. The minimum Gasteiger partial charge on any atom is -0.354 e. The molecule has 3 aromatic rings. The van der Waals surface area contributed by atoms with Gasteiger partial charge in [0.15, 0.2) is 0 Å². The van der Waals surface area contributed by atoms with Gasteiger partial charge in [-0.2, -0.15) is 0 Å². The van der Waals surface area contributed by atoms with Gasteiger partial charge in [0.1, 0.15) is 0 Å². The lowest BCUT2D eigenvalue weighted by Gasteiger charge is -2.00. The SMILES string of the molecule is Brc1ccccc1-c1cc2ccccc2[nH]1. The van der Waals surface area contributed by atoms with Crippen LogP contribution in [0.25, 0.3) is 22.2 Å². The van der Waals surface area contributed by atoms with E-state index in [1.807, 2.05) is 18.2 Å². The minimum atomic E-state index is 1.11. The lowest BCUT2D eigenvalue weighted by Crippen LogP contribution is -1.77. The summed E-state index contributed by atoms with van der Waals surface area (Å²) in [5, 5.41) is 1.24. The van der Waals surface area contributed by atoms with Crippen molar-refractivity contribution in [3.8, 4) is 11.3 Å². The molecule has 0 spiro atoms. The predicted molar refractivity (Wildman–Crippen MR) is 71.4 cm³/mol. The predicted octanol–water partition coefficient (Wildman–Crippen LogP) is 4.60. The molecular formula is C14H10BrN. The molecule has 0 amide bonds. The third-order valence-corrected chi connectivity index (χ3v) is 3.39. The van der Waals surface area contributed by atoms with E-state index in [4.69, 9.17) is 0 Å². The minimum absolute atomic E-state index is 1.11. The zero-order chi connectivity index (χ0) is 11.0. The van der Waals surface area contributed by atoms with Gasteiger partial charge in [-0.25, -0.2) is 0 Å². The third kappa shape index (κ3) is 1.55. The molecule has 0 unspecified atom stereocenters. The highest BCUT2D eigenvalue weighted by Crippen LogP contribution is 2.29. The van der Waals surface area contributed by atoms with Gasteiger partial charge in [-0.15, -0.1) is 0 Å². The van der Waals surface area contributed by atoms with Crippen LogP contribution in [0.3, 0.4) is 0 Å². The number of halogens is 1. The van der Waals surface area contributed by atoms with Crippen molar-refractivity contribution in [3.63, 3.8) is 0 Å². The molecule has 2 heteroatoms. The van der Waals surface area contributed by atoms with E-state index in [0.29, 0.717) is 0 Å². The number of fused-ring (bicyclic) bond motifs is 1. The Morgan fingerprint density at radius 3 is 2.44 bits per heavy atom. The summed E-state index contributed by atoms with van der Waals surface area (Å²) < 4.78 is 1.11. The first-order valence-electron chi connectivity index (χ1n) is 5.17. The fourth-order valence-electron chi connectivity index (χ4n) is 1.90. The Kier molecular flexibility index (Phi) is 2.29. The number of aromatic nitrogens is 1. The molecule has 0 saturated heterocycles. The van der Waals surface area contributed by atoms with E-state index in [0.717, 1.165) is 10.2 Å². The van der Waals surface area contributed by atoms with E-state index in [1.165, 1.54) is 16.5 Å². The van der Waals surface area contributed by atoms with Gasteiger partial charge in [0.2, 0.25) is 0 Å². The smallest absolute Gasteiger partial charge is 0.0476 e. The molecule has 0 atom stereocenters. The van der Waals surface area contributed by atoms with Gasteiger partial charge in [0.05, 0.1) is 0 Å². The second kappa shape index (κ2) is 3.80. The van der Waals surface area contributed by atoms with Gasteiger partial charge < -0.3 is 4.98 Å². The van der Waals surface area contributed by atoms with E-state index in [1.54, 1.807) is 0 Å². The molecule has 78 valence electrons. The van der Waals surface area contributed by atoms with Crippen molar-refractivity contribution in [2.45, 2.75) is 0 Å². The van der Waals surface area contributed by atoms with Crippen LogP contribution in [0.15, 0.2) is 59.1 Å². The van der Waals surface area contributed by atoms with Crippen LogP contribution in [0.4, 0.5) is 0 Å². The van der Waals surface area contributed by atoms with Crippen LogP contribution in [0.5, 0.6) is 0 Å². The Labute approximate surface area is 102 Å². The van der Waals surface area contributed by atoms with Crippen molar-refractivity contribution < 1.29 is 0 Å². The van der Waals surface area contributed by atoms with E-state index < -0.39 is 0 Å². The zero-order valence-electron chi connectivity index (χ0n) is 8.57. The summed E-state index contributed by atoms with van der Waals surface area (Å²) in [6.45, 7) is 0. The van der Waals surface area contributed by atoms with Crippen LogP contribution in [0, 0.1) is 0 Å². The number of H-pyrrole nitrogens is 1. The Hall–Kier alpha value is -1.54. The van der Waals surface area contributed by atoms with Crippen LogP contribution in [-0.2, 0) is 0 Å². The van der Waals surface area contributed by atoms with Crippen LogP contribution in [0.1, 0.15) is 0 Å². The Morgan fingerprint density at radius 1 is 0.875 bits per heavy atom. The molecule has 3 rings (SSSR count). The quantitative estimate of drug-likeness (QED) is 0.666. The number of rotatable bonds is 1. The maximum atomic E-state index is 3.57. The monoisotopic (exact) mass is 271 g/mol. The summed E-state index contributed by atoms with van der Waals surface area (Å²) in [7, 11) is 0. The standard InChI is InChI=1S/C14H10BrN/c15-12-7-3-2-6-11(12)14-9-10-5-1-4-8-13(10)16-14/h1-9,16H. The van der Waals surface area contributed by atoms with Crippen molar-refractivity contribution in [1.29, 1.82) is 0 Å². The third-order valence-electron chi connectivity index (χ3n) is 2.69. The zero-order valence-corrected chi connectivity index (χ0v) is 10.2. The summed E-state index contributed by atoms with van der Waals surface area (Å²) in [6, 6.07) is 18.7. The van der Waals surface area contributed by atoms with Crippen LogP contribution in [0.2, 0.25) is 0 Å². The largest absolute Gasteiger partial charge is 0.354 e. The summed E-state index contributed by atoms with van der Waals surface area (Å²) in [5.74, 6) is 0. The van der Waals surface area contributed by atoms with Gasteiger partial charge >= 0.3 is 0 Å². The number of hydrogen-bond donors (Lipinski definition) is 1. The van der Waals surface area contributed by atoms with Gasteiger partial charge in [-0.3, -0.25) is 0 Å². The highest BCUT2D eigenvalue weighted by atomic mass is 79.9. The maximum Gasteiger partial charge on any atom is 0.0476 e. The van der Waals surface area contributed by atoms with Crippen LogP contribution in [-0.4, -0.2) is 4.98 Å². The maximum absolute atomic E-state index is 3.57. The fraction of sp³-hybridized carbons (Fsp3) is 0. The van der Waals surface area contributed by atoms with Gasteiger partial charge in [0, 0.05) is 26.6 Å². The highest BCUT2D eigenvalue weighted by Gasteiger charge is 2.05. The van der Waals surface area contributed by atoms with E-state index >= 15 is 0 Å². The molecule has 0 aliphatic heterocycles. The molecule has 2 aromatic carbocycles. The van der Waals surface area contributed by atoms with Crippen molar-refractivity contribution in [1.82, 2.24) is 4.98 Å². The normalized spacial score (nSPS) is 10.8. The Morgan fingerprint density at radius 2 is 1.62 bits per heavy atom. The molecule has 0 saturated carbocycles. The fourth-order valence-corrected chi connectivity index (χ4v) is 2.40. The lowest BCUT2D eigenvalue weighted by molar-refractivity contribution is 1.44. The molecule has 1 nitrogen and oxygen atoms in total. The number of benzene rings is 2. The summed E-state index contributed by atoms with van der Waals surface area (Å²) >= 11 is 3.57. The summed E-state index contributed by atoms with van der Waals surface area (Å²) in [4.78, 5) is 3.42. The Balaban J connectivity index is 2.23. The molecule has 0 aliphatic carbocycles. The molecule has 1 heterocycles. The first kappa shape index (κ1) is 9.67. The average molecular weight is 272 g/mol. The van der Waals surface area contributed by atoms with Crippen LogP contribution >= 0.6 is 15.9 Å². The van der Waals surface area contributed by atoms with E-state index in [9.17, 15) is 0 Å². The first-order valence-corrected chi connectivity index (χ1v) is 5.96. The average Bonchev–Trinajstić information content (AvgIpc) is 2.73. The molecular weight excluding hydrogens is 262 g/mol. The highest BCUT2D eigenvalue weighted by molar-refractivity contribution is 9.10. The topological polar surface area (TPSA) is 15.8 Å². The molecule has 16 heavy (non-hydrogen) atoms. The van der Waals surface area contributed by atoms with Crippen molar-refractivity contribution >= 4 is 26.8 Å². The number of nitrogens with one attached hydrogen (secondary N) is 1. The molecule has 1 aromatic heterocycles. The van der Waals surface area contributed by atoms with E-state index in [2.05, 4.69) is 57.3 Å². The first-order chi connectivity index (χ1) is 7.84. The second-order valence-electron chi connectivity index (χ2n) is 3.75. The van der Waals surface area contributed by atoms with Crippen LogP contribution < -0.4 is 0 Å². The number of aromatic amines is 1.